The quantitative estimate of drug-likeness (QED) is 0.757. The van der Waals surface area contributed by atoms with Crippen molar-refractivity contribution >= 4 is 11.8 Å². The number of ether oxygens (including phenoxy) is 1. The summed E-state index contributed by atoms with van der Waals surface area (Å²) in [5.74, 6) is 0.0727. The van der Waals surface area contributed by atoms with E-state index in [1.54, 1.807) is 0 Å². The zero-order valence-corrected chi connectivity index (χ0v) is 9.37. The molecule has 2 rings (SSSR count). The number of rotatable bonds is 2. The molecule has 2 heterocycles. The lowest BCUT2D eigenvalue weighted by Gasteiger charge is -2.19. The van der Waals surface area contributed by atoms with E-state index in [-0.39, 0.29) is 12.5 Å². The van der Waals surface area contributed by atoms with Crippen molar-refractivity contribution in [3.63, 3.8) is 0 Å². The highest BCUT2D eigenvalue weighted by molar-refractivity contribution is 5.97. The standard InChI is InChI=1S/C10H15N3O3/c1-6-7(2)13-16-8(6)12-9(14)10(11)3-4-15-5-10/h3-5,11H2,1-2H3,(H,12,14). The summed E-state index contributed by atoms with van der Waals surface area (Å²) in [6.45, 7) is 4.39. The van der Waals surface area contributed by atoms with Crippen molar-refractivity contribution in [2.24, 2.45) is 5.73 Å². The number of amides is 1. The van der Waals surface area contributed by atoms with Crippen molar-refractivity contribution in [3.8, 4) is 0 Å². The third kappa shape index (κ3) is 1.81. The first-order chi connectivity index (χ1) is 7.53. The number of carbonyl (C=O) groups excluding carboxylic acids is 1. The summed E-state index contributed by atoms with van der Waals surface area (Å²) in [4.78, 5) is 11.9. The Labute approximate surface area is 93.1 Å². The third-order valence-electron chi connectivity index (χ3n) is 2.89. The van der Waals surface area contributed by atoms with Crippen molar-refractivity contribution in [2.75, 3.05) is 18.5 Å². The van der Waals surface area contributed by atoms with E-state index in [1.807, 2.05) is 13.8 Å². The average molecular weight is 225 g/mol. The maximum absolute atomic E-state index is 11.9. The molecule has 16 heavy (non-hydrogen) atoms. The largest absolute Gasteiger partial charge is 0.379 e. The van der Waals surface area contributed by atoms with Crippen LogP contribution in [0.3, 0.4) is 0 Å². The van der Waals surface area contributed by atoms with Gasteiger partial charge in [-0.05, 0) is 20.3 Å². The number of anilines is 1. The summed E-state index contributed by atoms with van der Waals surface area (Å²) < 4.78 is 10.1. The number of nitrogens with two attached hydrogens (primary N) is 1. The van der Waals surface area contributed by atoms with Crippen LogP contribution in [-0.4, -0.2) is 29.8 Å². The fourth-order valence-corrected chi connectivity index (χ4v) is 1.52. The Morgan fingerprint density at radius 1 is 1.56 bits per heavy atom. The van der Waals surface area contributed by atoms with Crippen LogP contribution >= 0.6 is 0 Å². The Morgan fingerprint density at radius 3 is 2.81 bits per heavy atom. The van der Waals surface area contributed by atoms with Gasteiger partial charge in [0.15, 0.2) is 0 Å². The fourth-order valence-electron chi connectivity index (χ4n) is 1.52. The normalized spacial score (nSPS) is 24.7. The predicted octanol–water partition coefficient (Wildman–Crippen LogP) is 0.348. The van der Waals surface area contributed by atoms with Crippen LogP contribution in [0.5, 0.6) is 0 Å². The van der Waals surface area contributed by atoms with Crippen LogP contribution in [0.25, 0.3) is 0 Å². The van der Waals surface area contributed by atoms with Crippen LogP contribution in [0.2, 0.25) is 0 Å². The lowest BCUT2D eigenvalue weighted by Crippen LogP contribution is -2.51. The number of hydrogen-bond donors (Lipinski definition) is 2. The summed E-state index contributed by atoms with van der Waals surface area (Å²) in [6, 6.07) is 0. The molecule has 1 aromatic rings. The SMILES string of the molecule is Cc1noc(NC(=O)C2(N)CCOC2)c1C. The molecule has 1 atom stereocenters. The van der Waals surface area contributed by atoms with Crippen molar-refractivity contribution < 1.29 is 14.1 Å². The van der Waals surface area contributed by atoms with E-state index in [0.29, 0.717) is 18.9 Å². The Balaban J connectivity index is 2.10. The molecular weight excluding hydrogens is 210 g/mol. The van der Waals surface area contributed by atoms with Crippen LogP contribution in [0.15, 0.2) is 4.52 Å². The monoisotopic (exact) mass is 225 g/mol. The Kier molecular flexibility index (Phi) is 2.69. The summed E-state index contributed by atoms with van der Waals surface area (Å²) >= 11 is 0. The van der Waals surface area contributed by atoms with Gasteiger partial charge in [0.2, 0.25) is 11.8 Å². The van der Waals surface area contributed by atoms with Crippen molar-refractivity contribution in [3.05, 3.63) is 11.3 Å². The fraction of sp³-hybridized carbons (Fsp3) is 0.600. The molecule has 1 aliphatic heterocycles. The second-order valence-corrected chi connectivity index (χ2v) is 4.13. The minimum Gasteiger partial charge on any atom is -0.379 e. The molecule has 3 N–H and O–H groups in total. The molecular formula is C10H15N3O3. The molecule has 88 valence electrons. The molecule has 1 unspecified atom stereocenters. The first-order valence-corrected chi connectivity index (χ1v) is 5.14. The zero-order valence-electron chi connectivity index (χ0n) is 9.37. The molecule has 1 saturated heterocycles. The van der Waals surface area contributed by atoms with Gasteiger partial charge in [-0.25, -0.2) is 0 Å². The molecule has 0 saturated carbocycles. The van der Waals surface area contributed by atoms with Gasteiger partial charge in [-0.2, -0.15) is 0 Å². The van der Waals surface area contributed by atoms with E-state index >= 15 is 0 Å². The third-order valence-corrected chi connectivity index (χ3v) is 2.89. The van der Waals surface area contributed by atoms with Gasteiger partial charge in [-0.1, -0.05) is 5.16 Å². The lowest BCUT2D eigenvalue weighted by molar-refractivity contribution is -0.121. The first-order valence-electron chi connectivity index (χ1n) is 5.14. The number of nitrogens with one attached hydrogen (secondary N) is 1. The molecule has 6 nitrogen and oxygen atoms in total. The van der Waals surface area contributed by atoms with Gasteiger partial charge in [-0.3, -0.25) is 10.1 Å². The van der Waals surface area contributed by atoms with E-state index in [0.717, 1.165) is 11.3 Å². The summed E-state index contributed by atoms with van der Waals surface area (Å²) in [5.41, 5.74) is 6.53. The minimum absolute atomic E-state index is 0.241. The van der Waals surface area contributed by atoms with Crippen LogP contribution in [0, 0.1) is 13.8 Å². The molecule has 1 aliphatic rings. The van der Waals surface area contributed by atoms with Gasteiger partial charge in [0.25, 0.3) is 0 Å². The predicted molar refractivity (Wildman–Crippen MR) is 57.0 cm³/mol. The van der Waals surface area contributed by atoms with Crippen LogP contribution < -0.4 is 11.1 Å². The summed E-state index contributed by atoms with van der Waals surface area (Å²) in [7, 11) is 0. The Hall–Kier alpha value is -1.40. The lowest BCUT2D eigenvalue weighted by atomic mass is 9.99. The van der Waals surface area contributed by atoms with Gasteiger partial charge in [0, 0.05) is 12.2 Å². The maximum Gasteiger partial charge on any atom is 0.249 e. The van der Waals surface area contributed by atoms with Crippen LogP contribution in [0.1, 0.15) is 17.7 Å². The van der Waals surface area contributed by atoms with E-state index in [1.165, 1.54) is 0 Å². The zero-order chi connectivity index (χ0) is 11.8. The summed E-state index contributed by atoms with van der Waals surface area (Å²) in [6.07, 6.45) is 0.519. The van der Waals surface area contributed by atoms with Gasteiger partial charge >= 0.3 is 0 Å². The topological polar surface area (TPSA) is 90.4 Å². The van der Waals surface area contributed by atoms with Crippen molar-refractivity contribution in [1.82, 2.24) is 5.16 Å². The molecule has 6 heteroatoms. The highest BCUT2D eigenvalue weighted by Gasteiger charge is 2.39. The van der Waals surface area contributed by atoms with E-state index in [9.17, 15) is 4.79 Å². The van der Waals surface area contributed by atoms with E-state index in [4.69, 9.17) is 15.0 Å². The maximum atomic E-state index is 11.9. The second kappa shape index (κ2) is 3.88. The molecule has 1 fully saturated rings. The molecule has 1 aromatic heterocycles. The van der Waals surface area contributed by atoms with Crippen LogP contribution in [0.4, 0.5) is 5.88 Å². The van der Waals surface area contributed by atoms with Gasteiger partial charge < -0.3 is 15.0 Å². The van der Waals surface area contributed by atoms with Crippen molar-refractivity contribution in [2.45, 2.75) is 25.8 Å². The highest BCUT2D eigenvalue weighted by atomic mass is 16.5. The van der Waals surface area contributed by atoms with Crippen molar-refractivity contribution in [1.29, 1.82) is 0 Å². The molecule has 0 aromatic carbocycles. The smallest absolute Gasteiger partial charge is 0.249 e. The molecule has 0 spiro atoms. The van der Waals surface area contributed by atoms with Gasteiger partial charge in [0.1, 0.15) is 5.54 Å². The number of hydrogen-bond acceptors (Lipinski definition) is 5. The first kappa shape index (κ1) is 11.1. The molecule has 1 amide bonds. The second-order valence-electron chi connectivity index (χ2n) is 4.13. The Morgan fingerprint density at radius 2 is 2.31 bits per heavy atom. The number of carbonyl (C=O) groups is 1. The van der Waals surface area contributed by atoms with E-state index in [2.05, 4.69) is 10.5 Å². The highest BCUT2D eigenvalue weighted by Crippen LogP contribution is 2.21. The number of aromatic nitrogens is 1. The van der Waals surface area contributed by atoms with Gasteiger partial charge in [0.05, 0.1) is 12.3 Å². The average Bonchev–Trinajstić information content (AvgIpc) is 2.81. The Bertz CT molecular complexity index is 407. The minimum atomic E-state index is -0.951. The van der Waals surface area contributed by atoms with Crippen LogP contribution in [-0.2, 0) is 9.53 Å². The summed E-state index contributed by atoms with van der Waals surface area (Å²) in [5, 5.41) is 6.40. The number of nitrogens with zero attached hydrogens (tertiary/aromatic N) is 1. The molecule has 0 bridgehead atoms. The van der Waals surface area contributed by atoms with Gasteiger partial charge in [-0.15, -0.1) is 0 Å². The van der Waals surface area contributed by atoms with E-state index < -0.39 is 5.54 Å². The molecule has 0 aliphatic carbocycles. The number of aryl methyl sites for hydroxylation is 1. The molecule has 0 radical (unpaired) electrons.